The zero-order valence-electron chi connectivity index (χ0n) is 10.8. The van der Waals surface area contributed by atoms with Gasteiger partial charge < -0.3 is 10.3 Å². The van der Waals surface area contributed by atoms with Gasteiger partial charge in [0.1, 0.15) is 0 Å². The Hall–Kier alpha value is -2.21. The van der Waals surface area contributed by atoms with Crippen molar-refractivity contribution in [3.8, 4) is 12.3 Å². The second-order valence-electron chi connectivity index (χ2n) is 4.50. The molecule has 2 aromatic rings. The minimum atomic E-state index is -0.262. The molecule has 0 fully saturated rings. The molecule has 0 spiro atoms. The summed E-state index contributed by atoms with van der Waals surface area (Å²) in [7, 11) is 0. The smallest absolute Gasteiger partial charge is 0.252 e. The molecule has 1 amide bonds. The number of hydrogen-bond acceptors (Lipinski definition) is 1. The molecule has 1 heterocycles. The molecule has 0 saturated heterocycles. The highest BCUT2D eigenvalue weighted by Gasteiger charge is 2.11. The van der Waals surface area contributed by atoms with Crippen LogP contribution in [0.5, 0.6) is 0 Å². The first-order valence-electron chi connectivity index (χ1n) is 5.89. The fourth-order valence-corrected chi connectivity index (χ4v) is 1.92. The second-order valence-corrected chi connectivity index (χ2v) is 4.50. The molecule has 1 unspecified atom stereocenters. The van der Waals surface area contributed by atoms with E-state index in [0.29, 0.717) is 5.56 Å². The third-order valence-corrected chi connectivity index (χ3v) is 3.17. The molecule has 1 aromatic carbocycles. The van der Waals surface area contributed by atoms with Crippen LogP contribution in [0.1, 0.15) is 28.5 Å². The number of carbonyl (C=O) groups is 1. The van der Waals surface area contributed by atoms with Crippen molar-refractivity contribution in [3.63, 3.8) is 0 Å². The van der Waals surface area contributed by atoms with Gasteiger partial charge in [-0.05, 0) is 44.5 Å². The van der Waals surface area contributed by atoms with Crippen LogP contribution in [0.25, 0.3) is 10.9 Å². The van der Waals surface area contributed by atoms with Crippen LogP contribution < -0.4 is 5.32 Å². The highest BCUT2D eigenvalue weighted by Crippen LogP contribution is 2.22. The zero-order chi connectivity index (χ0) is 13.3. The highest BCUT2D eigenvalue weighted by atomic mass is 16.1. The SMILES string of the molecule is C#CC(C)NC(=O)c1ccc2[nH]c(C)c(C)c2c1. The number of terminal acetylenes is 1. The molecular weight excluding hydrogens is 224 g/mol. The number of benzene rings is 1. The van der Waals surface area contributed by atoms with Crippen LogP contribution in [-0.2, 0) is 0 Å². The van der Waals surface area contributed by atoms with Crippen LogP contribution >= 0.6 is 0 Å². The Morgan fingerprint density at radius 3 is 2.83 bits per heavy atom. The topological polar surface area (TPSA) is 44.9 Å². The number of carbonyl (C=O) groups excluding carboxylic acids is 1. The minimum absolute atomic E-state index is 0.138. The molecule has 18 heavy (non-hydrogen) atoms. The Balaban J connectivity index is 2.38. The van der Waals surface area contributed by atoms with Crippen molar-refractivity contribution < 1.29 is 4.79 Å². The summed E-state index contributed by atoms with van der Waals surface area (Å²) in [6.45, 7) is 5.84. The molecule has 92 valence electrons. The van der Waals surface area contributed by atoms with Crippen molar-refractivity contribution in [1.29, 1.82) is 0 Å². The maximum atomic E-state index is 12.0. The van der Waals surface area contributed by atoms with Gasteiger partial charge in [0.2, 0.25) is 0 Å². The van der Waals surface area contributed by atoms with Crippen LogP contribution in [0, 0.1) is 26.2 Å². The molecule has 0 saturated carbocycles. The Labute approximate surface area is 107 Å². The number of aryl methyl sites for hydroxylation is 2. The van der Waals surface area contributed by atoms with E-state index in [-0.39, 0.29) is 11.9 Å². The summed E-state index contributed by atoms with van der Waals surface area (Å²) in [5, 5.41) is 3.83. The van der Waals surface area contributed by atoms with Crippen LogP contribution in [-0.4, -0.2) is 16.9 Å². The van der Waals surface area contributed by atoms with Gasteiger partial charge in [-0.25, -0.2) is 0 Å². The normalized spacial score (nSPS) is 12.1. The molecule has 1 aromatic heterocycles. The highest BCUT2D eigenvalue weighted by molar-refractivity contribution is 5.99. The lowest BCUT2D eigenvalue weighted by Crippen LogP contribution is -2.31. The lowest BCUT2D eigenvalue weighted by Gasteiger charge is -2.07. The van der Waals surface area contributed by atoms with Gasteiger partial charge in [-0.3, -0.25) is 4.79 Å². The van der Waals surface area contributed by atoms with E-state index in [4.69, 9.17) is 6.42 Å². The minimum Gasteiger partial charge on any atom is -0.358 e. The van der Waals surface area contributed by atoms with Crippen LogP contribution in [0.4, 0.5) is 0 Å². The van der Waals surface area contributed by atoms with Gasteiger partial charge in [0, 0.05) is 22.2 Å². The van der Waals surface area contributed by atoms with E-state index >= 15 is 0 Å². The lowest BCUT2D eigenvalue weighted by molar-refractivity contribution is 0.0948. The van der Waals surface area contributed by atoms with Gasteiger partial charge in [-0.1, -0.05) is 5.92 Å². The van der Waals surface area contributed by atoms with E-state index < -0.39 is 0 Å². The van der Waals surface area contributed by atoms with Crippen molar-refractivity contribution in [2.75, 3.05) is 0 Å². The van der Waals surface area contributed by atoms with Crippen molar-refractivity contribution >= 4 is 16.8 Å². The Kier molecular flexibility index (Phi) is 3.12. The van der Waals surface area contributed by atoms with E-state index in [9.17, 15) is 4.79 Å². The molecule has 1 atom stereocenters. The number of amides is 1. The second kappa shape index (κ2) is 4.58. The fraction of sp³-hybridized carbons (Fsp3) is 0.267. The Bertz CT molecular complexity index is 646. The summed E-state index contributed by atoms with van der Waals surface area (Å²) >= 11 is 0. The summed E-state index contributed by atoms with van der Waals surface area (Å²) in [5.74, 6) is 2.34. The average molecular weight is 240 g/mol. The molecular formula is C15H16N2O. The molecule has 3 nitrogen and oxygen atoms in total. The largest absolute Gasteiger partial charge is 0.358 e. The third-order valence-electron chi connectivity index (χ3n) is 3.17. The van der Waals surface area contributed by atoms with E-state index in [0.717, 1.165) is 16.6 Å². The Morgan fingerprint density at radius 1 is 1.44 bits per heavy atom. The van der Waals surface area contributed by atoms with Crippen LogP contribution in [0.2, 0.25) is 0 Å². The van der Waals surface area contributed by atoms with E-state index in [1.54, 1.807) is 13.0 Å². The fourth-order valence-electron chi connectivity index (χ4n) is 1.92. The number of aromatic nitrogens is 1. The molecule has 2 rings (SSSR count). The van der Waals surface area contributed by atoms with Gasteiger partial charge in [-0.15, -0.1) is 6.42 Å². The molecule has 3 heteroatoms. The van der Waals surface area contributed by atoms with Gasteiger partial charge >= 0.3 is 0 Å². The number of fused-ring (bicyclic) bond motifs is 1. The van der Waals surface area contributed by atoms with Gasteiger partial charge in [0.05, 0.1) is 6.04 Å². The van der Waals surface area contributed by atoms with Crippen molar-refractivity contribution in [3.05, 3.63) is 35.0 Å². The molecule has 0 aliphatic heterocycles. The maximum Gasteiger partial charge on any atom is 0.252 e. The standard InChI is InChI=1S/C15H16N2O/c1-5-9(2)16-15(18)12-6-7-14-13(8-12)10(3)11(4)17-14/h1,6-9,17H,2-4H3,(H,16,18). The molecule has 0 bridgehead atoms. The summed E-state index contributed by atoms with van der Waals surface area (Å²) in [4.78, 5) is 15.2. The van der Waals surface area contributed by atoms with E-state index in [1.807, 2.05) is 26.0 Å². The first-order chi connectivity index (χ1) is 8.52. The van der Waals surface area contributed by atoms with Crippen molar-refractivity contribution in [2.24, 2.45) is 0 Å². The molecule has 0 radical (unpaired) electrons. The van der Waals surface area contributed by atoms with Gasteiger partial charge in [-0.2, -0.15) is 0 Å². The Morgan fingerprint density at radius 2 is 2.17 bits per heavy atom. The summed E-state index contributed by atoms with van der Waals surface area (Å²) in [6.07, 6.45) is 5.25. The van der Waals surface area contributed by atoms with Crippen molar-refractivity contribution in [2.45, 2.75) is 26.8 Å². The molecule has 2 N–H and O–H groups in total. The number of nitrogens with one attached hydrogen (secondary N) is 2. The monoisotopic (exact) mass is 240 g/mol. The van der Waals surface area contributed by atoms with E-state index in [1.165, 1.54) is 5.56 Å². The number of hydrogen-bond donors (Lipinski definition) is 2. The van der Waals surface area contributed by atoms with Crippen molar-refractivity contribution in [1.82, 2.24) is 10.3 Å². The maximum absolute atomic E-state index is 12.0. The van der Waals surface area contributed by atoms with E-state index in [2.05, 4.69) is 16.2 Å². The predicted molar refractivity (Wildman–Crippen MR) is 73.5 cm³/mol. The first kappa shape index (κ1) is 12.3. The van der Waals surface area contributed by atoms with Gasteiger partial charge in [0.25, 0.3) is 5.91 Å². The number of aromatic amines is 1. The third kappa shape index (κ3) is 2.10. The molecule has 0 aliphatic rings. The summed E-state index contributed by atoms with van der Waals surface area (Å²) in [5.41, 5.74) is 3.97. The lowest BCUT2D eigenvalue weighted by atomic mass is 10.1. The quantitative estimate of drug-likeness (QED) is 0.778. The predicted octanol–water partition coefficient (Wildman–Crippen LogP) is 2.54. The van der Waals surface area contributed by atoms with Crippen LogP contribution in [0.15, 0.2) is 18.2 Å². The average Bonchev–Trinajstić information content (AvgIpc) is 2.64. The zero-order valence-corrected chi connectivity index (χ0v) is 10.8. The molecule has 0 aliphatic carbocycles. The summed E-state index contributed by atoms with van der Waals surface area (Å²) < 4.78 is 0. The number of rotatable bonds is 2. The first-order valence-corrected chi connectivity index (χ1v) is 5.89. The van der Waals surface area contributed by atoms with Crippen LogP contribution in [0.3, 0.4) is 0 Å². The summed E-state index contributed by atoms with van der Waals surface area (Å²) in [6, 6.07) is 5.36. The number of H-pyrrole nitrogens is 1. The van der Waals surface area contributed by atoms with Gasteiger partial charge in [0.15, 0.2) is 0 Å².